The Morgan fingerprint density at radius 1 is 1.57 bits per heavy atom. The van der Waals surface area contributed by atoms with Gasteiger partial charge in [-0.1, -0.05) is 6.92 Å². The summed E-state index contributed by atoms with van der Waals surface area (Å²) in [7, 11) is 0. The van der Waals surface area contributed by atoms with Gasteiger partial charge in [0.25, 0.3) is 0 Å². The highest BCUT2D eigenvalue weighted by Gasteiger charge is 2.45. The molecule has 1 saturated carbocycles. The molecule has 2 fully saturated rings. The third-order valence-electron chi connectivity index (χ3n) is 3.24. The van der Waals surface area contributed by atoms with Gasteiger partial charge < -0.3 is 4.74 Å². The van der Waals surface area contributed by atoms with Crippen LogP contribution in [0.2, 0.25) is 0 Å². The van der Waals surface area contributed by atoms with E-state index in [0.717, 1.165) is 31.6 Å². The summed E-state index contributed by atoms with van der Waals surface area (Å²) >= 11 is 0. The van der Waals surface area contributed by atoms with Crippen LogP contribution in [0.1, 0.15) is 39.5 Å². The Hall–Kier alpha value is -0.770. The fourth-order valence-corrected chi connectivity index (χ4v) is 2.19. The van der Waals surface area contributed by atoms with Crippen molar-refractivity contribution in [3.8, 4) is 0 Å². The number of carbonyl (C=O) groups is 1. The van der Waals surface area contributed by atoms with Gasteiger partial charge in [-0.05, 0) is 25.7 Å². The third-order valence-corrected chi connectivity index (χ3v) is 3.24. The van der Waals surface area contributed by atoms with Crippen LogP contribution >= 0.6 is 0 Å². The summed E-state index contributed by atoms with van der Waals surface area (Å²) in [5.41, 5.74) is 2.81. The minimum Gasteiger partial charge on any atom is -0.425 e. The maximum Gasteiger partial charge on any atom is 0.426 e. The summed E-state index contributed by atoms with van der Waals surface area (Å²) in [6, 6.07) is 0. The molecule has 0 atom stereocenters. The molecule has 1 aliphatic heterocycles. The van der Waals surface area contributed by atoms with Gasteiger partial charge in [0, 0.05) is 19.4 Å². The molecule has 14 heavy (non-hydrogen) atoms. The molecule has 4 nitrogen and oxygen atoms in total. The molecule has 1 amide bonds. The minimum absolute atomic E-state index is 0.220. The molecule has 0 aromatic heterocycles. The lowest BCUT2D eigenvalue weighted by Crippen LogP contribution is -2.48. The Balaban J connectivity index is 2.02. The summed E-state index contributed by atoms with van der Waals surface area (Å²) in [6.45, 7) is 4.86. The number of hydrogen-bond donors (Lipinski definition) is 1. The first-order valence-corrected chi connectivity index (χ1v) is 5.43. The first-order valence-electron chi connectivity index (χ1n) is 5.43. The van der Waals surface area contributed by atoms with Crippen LogP contribution in [0.5, 0.6) is 0 Å². The van der Waals surface area contributed by atoms with E-state index in [9.17, 15) is 4.79 Å². The van der Waals surface area contributed by atoms with Crippen molar-refractivity contribution in [2.24, 2.45) is 5.92 Å². The SMILES string of the molecule is CCN1NC2(CCC(C)CC2)OC1=O. The van der Waals surface area contributed by atoms with Gasteiger partial charge >= 0.3 is 6.09 Å². The number of nitrogens with zero attached hydrogens (tertiary/aromatic N) is 1. The van der Waals surface area contributed by atoms with E-state index in [1.54, 1.807) is 5.01 Å². The lowest BCUT2D eigenvalue weighted by molar-refractivity contribution is -0.0159. The second kappa shape index (κ2) is 3.42. The zero-order valence-corrected chi connectivity index (χ0v) is 8.88. The monoisotopic (exact) mass is 198 g/mol. The van der Waals surface area contributed by atoms with E-state index in [1.165, 1.54) is 0 Å². The van der Waals surface area contributed by atoms with Crippen molar-refractivity contribution in [1.82, 2.24) is 10.4 Å². The molecule has 1 spiro atoms. The van der Waals surface area contributed by atoms with Crippen molar-refractivity contribution >= 4 is 6.09 Å². The highest BCUT2D eigenvalue weighted by atomic mass is 16.6. The molecule has 0 aromatic carbocycles. The molecule has 2 rings (SSSR count). The van der Waals surface area contributed by atoms with Crippen LogP contribution in [0.3, 0.4) is 0 Å². The molecular weight excluding hydrogens is 180 g/mol. The van der Waals surface area contributed by atoms with E-state index in [-0.39, 0.29) is 11.8 Å². The molecule has 2 aliphatic rings. The molecule has 1 saturated heterocycles. The fourth-order valence-electron chi connectivity index (χ4n) is 2.19. The van der Waals surface area contributed by atoms with Crippen molar-refractivity contribution in [3.63, 3.8) is 0 Å². The second-order valence-corrected chi connectivity index (χ2v) is 4.40. The highest BCUT2D eigenvalue weighted by molar-refractivity contribution is 5.69. The van der Waals surface area contributed by atoms with E-state index in [0.29, 0.717) is 6.54 Å². The minimum atomic E-state index is -0.375. The van der Waals surface area contributed by atoms with E-state index in [2.05, 4.69) is 12.3 Å². The van der Waals surface area contributed by atoms with Crippen LogP contribution in [0.15, 0.2) is 0 Å². The number of ether oxygens (including phenoxy) is 1. The topological polar surface area (TPSA) is 41.6 Å². The Labute approximate surface area is 84.6 Å². The summed E-state index contributed by atoms with van der Waals surface area (Å²) in [5.74, 6) is 0.761. The predicted molar refractivity (Wildman–Crippen MR) is 52.4 cm³/mol. The van der Waals surface area contributed by atoms with Crippen LogP contribution in [0, 0.1) is 5.92 Å². The van der Waals surface area contributed by atoms with Crippen LogP contribution in [0.4, 0.5) is 4.79 Å². The van der Waals surface area contributed by atoms with Gasteiger partial charge in [-0.2, -0.15) is 5.43 Å². The second-order valence-electron chi connectivity index (χ2n) is 4.40. The lowest BCUT2D eigenvalue weighted by Gasteiger charge is -2.33. The molecule has 1 heterocycles. The highest BCUT2D eigenvalue weighted by Crippen LogP contribution is 2.35. The Morgan fingerprint density at radius 2 is 2.21 bits per heavy atom. The zero-order valence-electron chi connectivity index (χ0n) is 8.88. The molecule has 0 bridgehead atoms. The Morgan fingerprint density at radius 3 is 2.71 bits per heavy atom. The van der Waals surface area contributed by atoms with E-state index >= 15 is 0 Å². The lowest BCUT2D eigenvalue weighted by atomic mass is 9.85. The number of carbonyl (C=O) groups excluding carboxylic acids is 1. The van der Waals surface area contributed by atoms with Crippen molar-refractivity contribution in [1.29, 1.82) is 0 Å². The largest absolute Gasteiger partial charge is 0.426 e. The molecule has 1 aliphatic carbocycles. The first-order chi connectivity index (χ1) is 6.65. The maximum atomic E-state index is 11.4. The average molecular weight is 198 g/mol. The van der Waals surface area contributed by atoms with Crippen molar-refractivity contribution in [2.45, 2.75) is 45.3 Å². The van der Waals surface area contributed by atoms with Crippen molar-refractivity contribution in [2.75, 3.05) is 6.54 Å². The Bertz CT molecular complexity index is 234. The maximum absolute atomic E-state index is 11.4. The molecule has 0 radical (unpaired) electrons. The summed E-state index contributed by atoms with van der Waals surface area (Å²) < 4.78 is 5.42. The van der Waals surface area contributed by atoms with E-state index in [4.69, 9.17) is 4.74 Å². The molecular formula is C10H18N2O2. The van der Waals surface area contributed by atoms with Gasteiger partial charge in [-0.15, -0.1) is 0 Å². The average Bonchev–Trinajstić information content (AvgIpc) is 2.49. The summed E-state index contributed by atoms with van der Waals surface area (Å²) in [6.07, 6.45) is 3.93. The van der Waals surface area contributed by atoms with Crippen molar-refractivity contribution < 1.29 is 9.53 Å². The number of rotatable bonds is 1. The van der Waals surface area contributed by atoms with Crippen LogP contribution in [-0.2, 0) is 4.74 Å². The van der Waals surface area contributed by atoms with Gasteiger partial charge in [0.05, 0.1) is 0 Å². The standard InChI is InChI=1S/C10H18N2O2/c1-3-12-9(13)14-10(11-12)6-4-8(2)5-7-10/h8,11H,3-7H2,1-2H3. The molecule has 0 unspecified atom stereocenters. The van der Waals surface area contributed by atoms with Crippen LogP contribution < -0.4 is 5.43 Å². The number of hydrogen-bond acceptors (Lipinski definition) is 3. The number of hydrazine groups is 1. The molecule has 0 aromatic rings. The molecule has 80 valence electrons. The quantitative estimate of drug-likeness (QED) is 0.699. The predicted octanol–water partition coefficient (Wildman–Crippen LogP) is 1.87. The normalized spacial score (nSPS) is 37.7. The van der Waals surface area contributed by atoms with Gasteiger partial charge in [0.1, 0.15) is 0 Å². The Kier molecular flexibility index (Phi) is 2.39. The number of nitrogens with one attached hydrogen (secondary N) is 1. The van der Waals surface area contributed by atoms with Crippen molar-refractivity contribution in [3.05, 3.63) is 0 Å². The molecule has 1 N–H and O–H groups in total. The summed E-state index contributed by atoms with van der Waals surface area (Å²) in [5, 5.41) is 1.57. The smallest absolute Gasteiger partial charge is 0.425 e. The zero-order chi connectivity index (χ0) is 10.2. The fraction of sp³-hybridized carbons (Fsp3) is 0.900. The van der Waals surface area contributed by atoms with Gasteiger partial charge in [0.15, 0.2) is 5.72 Å². The van der Waals surface area contributed by atoms with Gasteiger partial charge in [0.2, 0.25) is 0 Å². The van der Waals surface area contributed by atoms with E-state index in [1.807, 2.05) is 6.92 Å². The van der Waals surface area contributed by atoms with E-state index < -0.39 is 0 Å². The molecule has 4 heteroatoms. The first kappa shape index (κ1) is 9.77. The number of amides is 1. The summed E-state index contributed by atoms with van der Waals surface area (Å²) in [4.78, 5) is 11.4. The van der Waals surface area contributed by atoms with Gasteiger partial charge in [-0.3, -0.25) is 0 Å². The van der Waals surface area contributed by atoms with Gasteiger partial charge in [-0.25, -0.2) is 9.80 Å². The third kappa shape index (κ3) is 1.59. The van der Waals surface area contributed by atoms with Crippen LogP contribution in [-0.4, -0.2) is 23.4 Å². The van der Waals surface area contributed by atoms with Crippen LogP contribution in [0.25, 0.3) is 0 Å².